The van der Waals surface area contributed by atoms with E-state index in [2.05, 4.69) is 20.4 Å². The van der Waals surface area contributed by atoms with Crippen molar-refractivity contribution >= 4 is 29.5 Å². The molecule has 2 aromatic rings. The zero-order chi connectivity index (χ0) is 44.1. The molecule has 0 unspecified atom stereocenters. The van der Waals surface area contributed by atoms with Crippen molar-refractivity contribution < 1.29 is 98.6 Å². The van der Waals surface area contributed by atoms with Crippen LogP contribution in [0.2, 0.25) is 0 Å². The van der Waals surface area contributed by atoms with Crippen LogP contribution in [-0.4, -0.2) is 111 Å². The van der Waals surface area contributed by atoms with E-state index >= 15 is 0 Å². The van der Waals surface area contributed by atoms with E-state index in [9.17, 15) is 93.8 Å². The molecule has 0 spiro atoms. The predicted octanol–water partition coefficient (Wildman–Crippen LogP) is 6.86. The molecule has 58 heavy (non-hydrogen) atoms. The van der Waals surface area contributed by atoms with Crippen molar-refractivity contribution in [2.75, 3.05) is 18.1 Å². The molecule has 0 radical (unpaired) electrons. The molecule has 1 fully saturated rings. The second kappa shape index (κ2) is 15.3. The normalized spacial score (nSPS) is 18.6. The van der Waals surface area contributed by atoms with Crippen LogP contribution in [0.4, 0.5) is 85.1 Å². The largest absolute Gasteiger partial charge is 0.464 e. The van der Waals surface area contributed by atoms with Crippen molar-refractivity contribution in [3.05, 3.63) is 41.7 Å². The Balaban J connectivity index is 1.55. The minimum absolute atomic E-state index is 0.0535. The number of rotatable bonds is 11. The van der Waals surface area contributed by atoms with Gasteiger partial charge >= 0.3 is 59.6 Å². The summed E-state index contributed by atoms with van der Waals surface area (Å²) in [7, 11) is 0. The van der Waals surface area contributed by atoms with Crippen molar-refractivity contribution in [1.82, 2.24) is 25.2 Å². The van der Waals surface area contributed by atoms with Crippen molar-refractivity contribution in [3.8, 4) is 0 Å². The van der Waals surface area contributed by atoms with Gasteiger partial charge in [0.05, 0.1) is 31.5 Å². The second-order valence-electron chi connectivity index (χ2n) is 12.9. The molecule has 1 saturated heterocycles. The predicted molar refractivity (Wildman–Crippen MR) is 156 cm³/mol. The quantitative estimate of drug-likeness (QED) is 0.193. The van der Waals surface area contributed by atoms with Gasteiger partial charge in [0.2, 0.25) is 5.91 Å². The maximum absolute atomic E-state index is 14.4. The Hall–Kier alpha value is -4.95. The van der Waals surface area contributed by atoms with Gasteiger partial charge in [-0.25, -0.2) is 9.69 Å². The number of nitrogens with one attached hydrogen (secondary N) is 1. The second-order valence-corrected chi connectivity index (χ2v) is 12.9. The fourth-order valence-corrected chi connectivity index (χ4v) is 5.53. The van der Waals surface area contributed by atoms with Gasteiger partial charge in [0.1, 0.15) is 12.2 Å². The molecule has 0 saturated carbocycles. The number of benzene rings is 1. The van der Waals surface area contributed by atoms with Crippen molar-refractivity contribution in [2.24, 2.45) is 0 Å². The molecule has 1 N–H and O–H groups in total. The van der Waals surface area contributed by atoms with Crippen LogP contribution in [0.5, 0.6) is 0 Å². The number of ether oxygens (including phenoxy) is 1. The number of anilines is 1. The van der Waals surface area contributed by atoms with Gasteiger partial charge in [-0.05, 0) is 37.5 Å². The zero-order valence-electron chi connectivity index (χ0n) is 28.5. The third-order valence-corrected chi connectivity index (χ3v) is 8.75. The Kier molecular flexibility index (Phi) is 12.1. The van der Waals surface area contributed by atoms with E-state index in [4.69, 9.17) is 0 Å². The first kappa shape index (κ1) is 45.7. The van der Waals surface area contributed by atoms with Gasteiger partial charge in [0, 0.05) is 24.6 Å². The minimum Gasteiger partial charge on any atom is -0.464 e. The van der Waals surface area contributed by atoms with Crippen LogP contribution < -0.4 is 10.2 Å². The number of carbonyl (C=O) groups excluding carboxylic acids is 4. The molecule has 28 heteroatoms. The standard InChI is InChI=1S/C30H25F17N6O5/c31-23(32,24(33,34)25(35,36)26(37,38)27(39,40)28(41,42)29(43,44)30(45,46)47)7-9-58-20(55)14-51-12-17-13-52(50-49-17)8-2-1-5-16-11-19(54)53(22(57)48-16)18-6-3-4-15(10-18)21(51)56/h3-4,6,10,13,16H,1-2,5,7-9,11-12,14H2,(H,48,57)/t16-/m0/s1. The lowest BCUT2D eigenvalue weighted by atomic mass is 9.88. The molecule has 11 nitrogen and oxygen atoms in total. The maximum atomic E-state index is 14.4. The summed E-state index contributed by atoms with van der Waals surface area (Å²) in [4.78, 5) is 53.1. The fourth-order valence-electron chi connectivity index (χ4n) is 5.53. The van der Waals surface area contributed by atoms with Crippen molar-refractivity contribution in [3.63, 3.8) is 0 Å². The Bertz CT molecular complexity index is 1870. The average Bonchev–Trinajstić information content (AvgIpc) is 3.55. The summed E-state index contributed by atoms with van der Waals surface area (Å²) < 4.78 is 236. The van der Waals surface area contributed by atoms with Gasteiger partial charge in [-0.15, -0.1) is 5.10 Å². The minimum atomic E-state index is -8.79. The molecule has 3 aliphatic rings. The number of aromatic nitrogens is 3. The smallest absolute Gasteiger partial charge is 0.460 e. The number of hydrogen-bond donors (Lipinski definition) is 1. The monoisotopic (exact) mass is 872 g/mol. The lowest BCUT2D eigenvalue weighted by Gasteiger charge is -2.42. The first-order chi connectivity index (χ1) is 26.3. The summed E-state index contributed by atoms with van der Waals surface area (Å²) >= 11 is 0. The lowest BCUT2D eigenvalue weighted by molar-refractivity contribution is -0.461. The number of esters is 1. The first-order valence-electron chi connectivity index (χ1n) is 16.1. The topological polar surface area (TPSA) is 127 Å². The third-order valence-electron chi connectivity index (χ3n) is 8.75. The molecule has 6 bridgehead atoms. The van der Waals surface area contributed by atoms with Crippen LogP contribution in [0.25, 0.3) is 0 Å². The lowest BCUT2D eigenvalue weighted by Crippen LogP contribution is -2.74. The molecule has 5 rings (SSSR count). The maximum Gasteiger partial charge on any atom is 0.460 e. The highest BCUT2D eigenvalue weighted by molar-refractivity contribution is 6.16. The number of fused-ring (bicyclic) bond motifs is 7. The highest BCUT2D eigenvalue weighted by atomic mass is 19.4. The van der Waals surface area contributed by atoms with E-state index in [1.54, 1.807) is 0 Å². The molecule has 3 aliphatic heterocycles. The number of alkyl halides is 17. The zero-order valence-corrected chi connectivity index (χ0v) is 28.5. The Labute approximate surface area is 312 Å². The number of amides is 4. The number of nitrogens with zero attached hydrogens (tertiary/aromatic N) is 5. The van der Waals surface area contributed by atoms with E-state index < -0.39 is 104 Å². The molecule has 4 heterocycles. The van der Waals surface area contributed by atoms with E-state index in [0.717, 1.165) is 12.1 Å². The molecule has 0 aliphatic carbocycles. The third kappa shape index (κ3) is 7.92. The Morgan fingerprint density at radius 3 is 1.97 bits per heavy atom. The highest BCUT2D eigenvalue weighted by Gasteiger charge is 2.95. The van der Waals surface area contributed by atoms with Crippen LogP contribution in [0, 0.1) is 0 Å². The van der Waals surface area contributed by atoms with Crippen LogP contribution >= 0.6 is 0 Å². The van der Waals surface area contributed by atoms with Crippen molar-refractivity contribution in [1.29, 1.82) is 0 Å². The van der Waals surface area contributed by atoms with Crippen molar-refractivity contribution in [2.45, 2.75) is 98.9 Å². The molecule has 324 valence electrons. The van der Waals surface area contributed by atoms with Gasteiger partial charge in [-0.1, -0.05) is 11.3 Å². The van der Waals surface area contributed by atoms with Crippen LogP contribution in [-0.2, 0) is 27.4 Å². The first-order valence-corrected chi connectivity index (χ1v) is 16.1. The summed E-state index contributed by atoms with van der Waals surface area (Å²) in [6.07, 6.45) is -8.47. The number of imide groups is 1. The van der Waals surface area contributed by atoms with E-state index in [0.29, 0.717) is 29.1 Å². The summed E-state index contributed by atoms with van der Waals surface area (Å²) in [5, 5.41) is 10.3. The number of hydrogen-bond acceptors (Lipinski definition) is 7. The summed E-state index contributed by atoms with van der Waals surface area (Å²) in [6, 6.07) is 3.17. The van der Waals surface area contributed by atoms with Gasteiger partial charge in [0.25, 0.3) is 5.91 Å². The van der Waals surface area contributed by atoms with Gasteiger partial charge in [-0.2, -0.15) is 74.6 Å². The fraction of sp³-hybridized carbons (Fsp3) is 0.600. The van der Waals surface area contributed by atoms with E-state index in [1.807, 2.05) is 0 Å². The summed E-state index contributed by atoms with van der Waals surface area (Å²) in [5.74, 6) is -61.4. The molecule has 1 aromatic heterocycles. The van der Waals surface area contributed by atoms with Gasteiger partial charge in [0.15, 0.2) is 0 Å². The van der Waals surface area contributed by atoms with Gasteiger partial charge in [-0.3, -0.25) is 19.1 Å². The molecule has 1 aromatic carbocycles. The molecule has 4 amide bonds. The van der Waals surface area contributed by atoms with Crippen LogP contribution in [0.3, 0.4) is 0 Å². The number of urea groups is 1. The number of halogens is 17. The average molecular weight is 873 g/mol. The molecular weight excluding hydrogens is 847 g/mol. The summed E-state index contributed by atoms with van der Waals surface area (Å²) in [5.41, 5.74) is -0.567. The van der Waals surface area contributed by atoms with Crippen LogP contribution in [0.1, 0.15) is 48.2 Å². The highest BCUT2D eigenvalue weighted by Crippen LogP contribution is 2.64. The van der Waals surface area contributed by atoms with Crippen LogP contribution in [0.15, 0.2) is 30.5 Å². The number of aryl methyl sites for hydroxylation is 1. The van der Waals surface area contributed by atoms with Gasteiger partial charge < -0.3 is 15.0 Å². The number of carbonyl (C=O) groups is 4. The van der Waals surface area contributed by atoms with E-state index in [-0.39, 0.29) is 29.9 Å². The van der Waals surface area contributed by atoms with E-state index in [1.165, 1.54) is 23.0 Å². The Morgan fingerprint density at radius 2 is 1.38 bits per heavy atom. The Morgan fingerprint density at radius 1 is 0.793 bits per heavy atom. The summed E-state index contributed by atoms with van der Waals surface area (Å²) in [6.45, 7) is -4.05. The molecular formula is C30H25F17N6O5. The molecule has 1 atom stereocenters. The SMILES string of the molecule is O=C(CN1Cc2cn(nn2)CCCC[C@H]2CC(=O)N(C(=O)N2)c2cccc(c2)C1=O)OCCC(F)(F)C(F)(F)C(F)(F)C(F)(F)C(F)(F)C(F)(F)C(F)(F)C(F)(F)F.